The molecule has 3 rings (SSSR count). The van der Waals surface area contributed by atoms with Gasteiger partial charge in [0.25, 0.3) is 5.69 Å². The molecule has 1 heterocycles. The number of aromatic amines is 1. The minimum atomic E-state index is -0.467. The van der Waals surface area contributed by atoms with Gasteiger partial charge in [0.1, 0.15) is 5.82 Å². The lowest BCUT2D eigenvalue weighted by Crippen LogP contribution is -2.25. The van der Waals surface area contributed by atoms with Crippen molar-refractivity contribution in [1.29, 1.82) is 0 Å². The average molecular weight is 370 g/mol. The summed E-state index contributed by atoms with van der Waals surface area (Å²) in [5.74, 6) is 1.49. The Morgan fingerprint density at radius 2 is 1.96 bits per heavy atom. The molecule has 0 fully saturated rings. The predicted octanol–water partition coefficient (Wildman–Crippen LogP) is 2.35. The summed E-state index contributed by atoms with van der Waals surface area (Å²) in [4.78, 5) is 29.8. The molecule has 140 valence electrons. The van der Waals surface area contributed by atoms with Gasteiger partial charge in [-0.25, -0.2) is 4.98 Å². The molecule has 2 aromatic carbocycles. The molecule has 9 nitrogen and oxygen atoms in total. The number of benzene rings is 2. The molecule has 9 heteroatoms. The van der Waals surface area contributed by atoms with Crippen LogP contribution in [-0.2, 0) is 17.8 Å². The molecule has 0 bridgehead atoms. The average Bonchev–Trinajstić information content (AvgIpc) is 3.08. The summed E-state index contributed by atoms with van der Waals surface area (Å²) in [6.45, 7) is 0.189. The van der Waals surface area contributed by atoms with E-state index in [-0.39, 0.29) is 24.6 Å². The second-order valence-corrected chi connectivity index (χ2v) is 5.78. The number of nitrogens with one attached hydrogen (secondary N) is 2. The third kappa shape index (κ3) is 4.14. The summed E-state index contributed by atoms with van der Waals surface area (Å²) in [5, 5.41) is 13.6. The number of hydrogen-bond acceptors (Lipinski definition) is 6. The number of imidazole rings is 1. The third-order valence-electron chi connectivity index (χ3n) is 3.99. The lowest BCUT2D eigenvalue weighted by molar-refractivity contribution is -0.384. The first-order chi connectivity index (χ1) is 13.0. The van der Waals surface area contributed by atoms with E-state index in [1.165, 1.54) is 19.2 Å². The van der Waals surface area contributed by atoms with Gasteiger partial charge in [0.05, 0.1) is 43.1 Å². The maximum atomic E-state index is 12.2. The number of rotatable bonds is 7. The van der Waals surface area contributed by atoms with E-state index in [2.05, 4.69) is 15.3 Å². The van der Waals surface area contributed by atoms with E-state index in [0.717, 1.165) is 5.56 Å². The largest absolute Gasteiger partial charge is 0.493 e. The van der Waals surface area contributed by atoms with Crippen LogP contribution in [0.1, 0.15) is 11.4 Å². The first kappa shape index (κ1) is 18.2. The van der Waals surface area contributed by atoms with Crippen LogP contribution in [0.5, 0.6) is 11.5 Å². The molecule has 0 aliphatic rings. The van der Waals surface area contributed by atoms with Gasteiger partial charge in [0.2, 0.25) is 5.91 Å². The highest BCUT2D eigenvalue weighted by molar-refractivity contribution is 5.79. The monoisotopic (exact) mass is 370 g/mol. The molecule has 0 saturated carbocycles. The van der Waals surface area contributed by atoms with Crippen molar-refractivity contribution in [3.63, 3.8) is 0 Å². The molecule has 3 aromatic rings. The number of carbonyl (C=O) groups is 1. The van der Waals surface area contributed by atoms with Gasteiger partial charge in [-0.2, -0.15) is 0 Å². The summed E-state index contributed by atoms with van der Waals surface area (Å²) >= 11 is 0. The Morgan fingerprint density at radius 3 is 2.67 bits per heavy atom. The fourth-order valence-corrected chi connectivity index (χ4v) is 2.67. The van der Waals surface area contributed by atoms with E-state index in [1.807, 2.05) is 0 Å². The summed E-state index contributed by atoms with van der Waals surface area (Å²) in [5.41, 5.74) is 1.92. The van der Waals surface area contributed by atoms with Gasteiger partial charge in [-0.3, -0.25) is 14.9 Å². The normalized spacial score (nSPS) is 10.6. The minimum absolute atomic E-state index is 0.0183. The molecular weight excluding hydrogens is 352 g/mol. The Hall–Kier alpha value is -3.62. The van der Waals surface area contributed by atoms with Crippen LogP contribution < -0.4 is 14.8 Å². The van der Waals surface area contributed by atoms with Crippen molar-refractivity contribution in [2.45, 2.75) is 13.0 Å². The highest BCUT2D eigenvalue weighted by Gasteiger charge is 2.11. The van der Waals surface area contributed by atoms with Gasteiger partial charge in [-0.15, -0.1) is 0 Å². The Kier molecular flexibility index (Phi) is 5.20. The fourth-order valence-electron chi connectivity index (χ4n) is 2.67. The molecule has 0 aliphatic heterocycles. The van der Waals surface area contributed by atoms with Gasteiger partial charge in [0, 0.05) is 12.1 Å². The number of hydrogen-bond donors (Lipinski definition) is 2. The summed E-state index contributed by atoms with van der Waals surface area (Å²) in [7, 11) is 3.08. The number of non-ortho nitro benzene ring substituents is 1. The standard InChI is InChI=1S/C18H18N4O5/c1-26-15-6-3-11(7-16(15)27-2)8-18(23)19-10-17-20-13-5-4-12(22(24)25)9-14(13)21-17/h3-7,9H,8,10H2,1-2H3,(H,19,23)(H,20,21). The molecule has 0 radical (unpaired) electrons. The molecule has 1 aromatic heterocycles. The number of nitrogens with zero attached hydrogens (tertiary/aromatic N) is 2. The Bertz CT molecular complexity index is 999. The molecule has 1 amide bonds. The maximum absolute atomic E-state index is 12.2. The molecule has 0 spiro atoms. The van der Waals surface area contributed by atoms with Crippen LogP contribution in [0.3, 0.4) is 0 Å². The Balaban J connectivity index is 1.63. The van der Waals surface area contributed by atoms with Gasteiger partial charge in [-0.1, -0.05) is 6.07 Å². The van der Waals surface area contributed by atoms with E-state index in [1.54, 1.807) is 31.4 Å². The highest BCUT2D eigenvalue weighted by Crippen LogP contribution is 2.27. The molecular formula is C18H18N4O5. The quantitative estimate of drug-likeness (QED) is 0.487. The zero-order valence-electron chi connectivity index (χ0n) is 14.8. The van der Waals surface area contributed by atoms with Crippen molar-refractivity contribution < 1.29 is 19.2 Å². The zero-order chi connectivity index (χ0) is 19.4. The van der Waals surface area contributed by atoms with E-state index < -0.39 is 4.92 Å². The third-order valence-corrected chi connectivity index (χ3v) is 3.99. The molecule has 27 heavy (non-hydrogen) atoms. The molecule has 0 saturated heterocycles. The van der Waals surface area contributed by atoms with Crippen LogP contribution in [0.4, 0.5) is 5.69 Å². The van der Waals surface area contributed by atoms with Crippen molar-refractivity contribution >= 4 is 22.6 Å². The summed E-state index contributed by atoms with van der Waals surface area (Å²) < 4.78 is 10.4. The second kappa shape index (κ2) is 7.73. The van der Waals surface area contributed by atoms with Gasteiger partial charge in [0.15, 0.2) is 11.5 Å². The van der Waals surface area contributed by atoms with Crippen molar-refractivity contribution in [3.8, 4) is 11.5 Å². The smallest absolute Gasteiger partial charge is 0.271 e. The number of nitro groups is 1. The van der Waals surface area contributed by atoms with Crippen LogP contribution in [0.15, 0.2) is 36.4 Å². The van der Waals surface area contributed by atoms with E-state index in [0.29, 0.717) is 28.4 Å². The number of carbonyl (C=O) groups excluding carboxylic acids is 1. The van der Waals surface area contributed by atoms with Crippen LogP contribution in [0.25, 0.3) is 11.0 Å². The van der Waals surface area contributed by atoms with Gasteiger partial charge >= 0.3 is 0 Å². The number of methoxy groups -OCH3 is 2. The second-order valence-electron chi connectivity index (χ2n) is 5.78. The van der Waals surface area contributed by atoms with Crippen molar-refractivity contribution in [2.24, 2.45) is 0 Å². The lowest BCUT2D eigenvalue weighted by Gasteiger charge is -2.09. The van der Waals surface area contributed by atoms with E-state index in [4.69, 9.17) is 9.47 Å². The number of ether oxygens (including phenoxy) is 2. The molecule has 0 unspecified atom stereocenters. The minimum Gasteiger partial charge on any atom is -0.493 e. The van der Waals surface area contributed by atoms with Crippen LogP contribution in [0, 0.1) is 10.1 Å². The first-order valence-electron chi connectivity index (χ1n) is 8.11. The predicted molar refractivity (Wildman–Crippen MR) is 97.8 cm³/mol. The van der Waals surface area contributed by atoms with Gasteiger partial charge < -0.3 is 19.8 Å². The van der Waals surface area contributed by atoms with Crippen LogP contribution >= 0.6 is 0 Å². The SMILES string of the molecule is COc1ccc(CC(=O)NCc2nc3ccc([N+](=O)[O-])cc3[nH]2)cc1OC. The summed E-state index contributed by atoms with van der Waals surface area (Å²) in [6, 6.07) is 9.66. The molecule has 2 N–H and O–H groups in total. The molecule has 0 aliphatic carbocycles. The van der Waals surface area contributed by atoms with Crippen molar-refractivity contribution in [1.82, 2.24) is 15.3 Å². The topological polar surface area (TPSA) is 119 Å². The highest BCUT2D eigenvalue weighted by atomic mass is 16.6. The zero-order valence-corrected chi connectivity index (χ0v) is 14.8. The van der Waals surface area contributed by atoms with Crippen LogP contribution in [-0.4, -0.2) is 35.0 Å². The Labute approximate surface area is 154 Å². The van der Waals surface area contributed by atoms with Crippen LogP contribution in [0.2, 0.25) is 0 Å². The Morgan fingerprint density at radius 1 is 1.19 bits per heavy atom. The van der Waals surface area contributed by atoms with Gasteiger partial charge in [-0.05, 0) is 23.8 Å². The fraction of sp³-hybridized carbons (Fsp3) is 0.222. The van der Waals surface area contributed by atoms with Crippen molar-refractivity contribution in [2.75, 3.05) is 14.2 Å². The van der Waals surface area contributed by atoms with Crippen molar-refractivity contribution in [3.05, 3.63) is 57.9 Å². The van der Waals surface area contributed by atoms with E-state index >= 15 is 0 Å². The number of fused-ring (bicyclic) bond motifs is 1. The number of H-pyrrole nitrogens is 1. The number of amides is 1. The first-order valence-corrected chi connectivity index (χ1v) is 8.11. The summed E-state index contributed by atoms with van der Waals surface area (Å²) in [6.07, 6.45) is 0.173. The lowest BCUT2D eigenvalue weighted by atomic mass is 10.1. The molecule has 0 atom stereocenters. The van der Waals surface area contributed by atoms with E-state index in [9.17, 15) is 14.9 Å². The number of aromatic nitrogens is 2. The number of nitro benzene ring substituents is 1. The maximum Gasteiger partial charge on any atom is 0.271 e.